The number of anilines is 1. The van der Waals surface area contributed by atoms with Crippen molar-refractivity contribution in [3.05, 3.63) is 51.9 Å². The monoisotopic (exact) mass is 388 g/mol. The maximum Gasteiger partial charge on any atom is 0.410 e. The molecule has 0 aliphatic carbocycles. The van der Waals surface area contributed by atoms with Crippen molar-refractivity contribution >= 4 is 28.4 Å². The van der Waals surface area contributed by atoms with E-state index in [0.29, 0.717) is 44.8 Å². The van der Waals surface area contributed by atoms with E-state index in [0.717, 1.165) is 21.0 Å². The van der Waals surface area contributed by atoms with Crippen LogP contribution in [0.15, 0.2) is 30.3 Å². The molecule has 6 nitrogen and oxygen atoms in total. The summed E-state index contributed by atoms with van der Waals surface area (Å²) in [5.41, 5.74) is 2.72. The number of hydrogen-bond donors (Lipinski definition) is 1. The Morgan fingerprint density at radius 2 is 1.89 bits per heavy atom. The first-order valence-electron chi connectivity index (χ1n) is 9.15. The second-order valence-electron chi connectivity index (χ2n) is 6.14. The Morgan fingerprint density at radius 1 is 1.15 bits per heavy atom. The molecule has 0 unspecified atom stereocenters. The third kappa shape index (κ3) is 4.42. The van der Waals surface area contributed by atoms with Gasteiger partial charge in [0.25, 0.3) is 0 Å². The average Bonchev–Trinajstić information content (AvgIpc) is 3.05. The van der Waals surface area contributed by atoms with Crippen LogP contribution in [0.4, 0.5) is 9.80 Å². The fourth-order valence-electron chi connectivity index (χ4n) is 3.10. The van der Waals surface area contributed by atoms with E-state index in [2.05, 4.69) is 5.32 Å². The van der Waals surface area contributed by atoms with Gasteiger partial charge in [-0.05, 0) is 31.4 Å². The number of hydrogen-bond acceptors (Lipinski definition) is 6. The van der Waals surface area contributed by atoms with Gasteiger partial charge >= 0.3 is 12.1 Å². The van der Waals surface area contributed by atoms with E-state index in [4.69, 9.17) is 9.47 Å². The van der Waals surface area contributed by atoms with Crippen LogP contribution in [0.1, 0.15) is 40.2 Å². The molecule has 1 N–H and O–H groups in total. The third-order valence-corrected chi connectivity index (χ3v) is 5.53. The zero-order valence-electron chi connectivity index (χ0n) is 15.6. The topological polar surface area (TPSA) is 67.9 Å². The summed E-state index contributed by atoms with van der Waals surface area (Å²) in [4.78, 5) is 27.3. The number of ether oxygens (including phenoxy) is 2. The van der Waals surface area contributed by atoms with Gasteiger partial charge in [-0.3, -0.25) is 0 Å². The second-order valence-corrected chi connectivity index (χ2v) is 7.24. The van der Waals surface area contributed by atoms with Crippen molar-refractivity contribution < 1.29 is 19.1 Å². The van der Waals surface area contributed by atoms with Crippen LogP contribution in [0.2, 0.25) is 0 Å². The van der Waals surface area contributed by atoms with E-state index in [-0.39, 0.29) is 12.1 Å². The van der Waals surface area contributed by atoms with Crippen molar-refractivity contribution in [3.8, 4) is 0 Å². The van der Waals surface area contributed by atoms with Crippen molar-refractivity contribution in [2.75, 3.05) is 25.1 Å². The quantitative estimate of drug-likeness (QED) is 0.756. The molecule has 7 heteroatoms. The lowest BCUT2D eigenvalue weighted by molar-refractivity contribution is 0.0526. The standard InChI is InChI=1S/C20H24N2O4S/c1-3-25-19(23)17-15-10-11-22(20(24)26-4-2)13-16(15)27-18(17)21-12-14-8-6-5-7-9-14/h5-9,21H,3-4,10-13H2,1-2H3. The van der Waals surface area contributed by atoms with Crippen molar-refractivity contribution in [2.45, 2.75) is 33.4 Å². The minimum absolute atomic E-state index is 0.310. The highest BCUT2D eigenvalue weighted by Gasteiger charge is 2.30. The van der Waals surface area contributed by atoms with Gasteiger partial charge in [0.15, 0.2) is 0 Å². The number of fused-ring (bicyclic) bond motifs is 1. The molecular weight excluding hydrogens is 364 g/mol. The molecule has 0 atom stereocenters. The highest BCUT2D eigenvalue weighted by Crippen LogP contribution is 2.38. The maximum absolute atomic E-state index is 12.6. The zero-order valence-corrected chi connectivity index (χ0v) is 16.4. The summed E-state index contributed by atoms with van der Waals surface area (Å²) in [5, 5.41) is 4.18. The smallest absolute Gasteiger partial charge is 0.410 e. The van der Waals surface area contributed by atoms with Crippen LogP contribution in [-0.4, -0.2) is 36.7 Å². The number of benzene rings is 1. The Kier molecular flexibility index (Phi) is 6.34. The normalized spacial score (nSPS) is 13.0. The molecule has 27 heavy (non-hydrogen) atoms. The molecule has 0 saturated heterocycles. The van der Waals surface area contributed by atoms with Gasteiger partial charge in [0, 0.05) is 18.0 Å². The van der Waals surface area contributed by atoms with E-state index in [9.17, 15) is 9.59 Å². The summed E-state index contributed by atoms with van der Waals surface area (Å²) in [6.07, 6.45) is 0.305. The number of thiophene rings is 1. The Morgan fingerprint density at radius 3 is 2.59 bits per heavy atom. The number of carbonyl (C=O) groups excluding carboxylic acids is 2. The fraction of sp³-hybridized carbons (Fsp3) is 0.400. The van der Waals surface area contributed by atoms with Crippen LogP contribution >= 0.6 is 11.3 Å². The Labute approximate surface area is 163 Å². The number of nitrogens with one attached hydrogen (secondary N) is 1. The number of esters is 1. The largest absolute Gasteiger partial charge is 0.462 e. The third-order valence-electron chi connectivity index (χ3n) is 4.36. The second kappa shape index (κ2) is 8.90. The van der Waals surface area contributed by atoms with Crippen LogP contribution in [-0.2, 0) is 29.0 Å². The highest BCUT2D eigenvalue weighted by molar-refractivity contribution is 7.16. The lowest BCUT2D eigenvalue weighted by Crippen LogP contribution is -2.36. The van der Waals surface area contributed by atoms with Crippen LogP contribution in [0.25, 0.3) is 0 Å². The lowest BCUT2D eigenvalue weighted by atomic mass is 10.0. The van der Waals surface area contributed by atoms with Gasteiger partial charge in [0.1, 0.15) is 5.00 Å². The minimum Gasteiger partial charge on any atom is -0.462 e. The van der Waals surface area contributed by atoms with E-state index in [1.54, 1.807) is 18.7 Å². The van der Waals surface area contributed by atoms with E-state index in [1.165, 1.54) is 11.3 Å². The molecule has 1 amide bonds. The first kappa shape index (κ1) is 19.2. The van der Waals surface area contributed by atoms with Crippen LogP contribution < -0.4 is 5.32 Å². The first-order chi connectivity index (χ1) is 13.1. The Bertz CT molecular complexity index is 804. The van der Waals surface area contributed by atoms with Crippen molar-refractivity contribution in [1.29, 1.82) is 0 Å². The Balaban J connectivity index is 1.84. The molecule has 1 aliphatic heterocycles. The number of carbonyl (C=O) groups is 2. The predicted octanol–water partition coefficient (Wildman–Crippen LogP) is 4.05. The molecule has 0 radical (unpaired) electrons. The summed E-state index contributed by atoms with van der Waals surface area (Å²) in [5.74, 6) is -0.310. The molecule has 3 rings (SSSR count). The van der Waals surface area contributed by atoms with Crippen LogP contribution in [0.5, 0.6) is 0 Å². The average molecular weight is 388 g/mol. The molecule has 144 valence electrons. The Hall–Kier alpha value is -2.54. The molecule has 2 aromatic rings. The predicted molar refractivity (Wildman–Crippen MR) is 105 cm³/mol. The van der Waals surface area contributed by atoms with Gasteiger partial charge in [0.05, 0.1) is 25.3 Å². The summed E-state index contributed by atoms with van der Waals surface area (Å²) in [6.45, 7) is 5.89. The first-order valence-corrected chi connectivity index (χ1v) is 9.96. The molecule has 0 bridgehead atoms. The van der Waals surface area contributed by atoms with Crippen molar-refractivity contribution in [1.82, 2.24) is 4.90 Å². The van der Waals surface area contributed by atoms with Crippen molar-refractivity contribution in [2.24, 2.45) is 0 Å². The van der Waals surface area contributed by atoms with Gasteiger partial charge < -0.3 is 19.7 Å². The van der Waals surface area contributed by atoms with E-state index in [1.807, 2.05) is 30.3 Å². The molecule has 1 aromatic carbocycles. The van der Waals surface area contributed by atoms with Gasteiger partial charge in [-0.1, -0.05) is 30.3 Å². The van der Waals surface area contributed by atoms with E-state index >= 15 is 0 Å². The molecule has 0 fully saturated rings. The SMILES string of the molecule is CCOC(=O)c1c(NCc2ccccc2)sc2c1CCN(C(=O)OCC)C2. The van der Waals surface area contributed by atoms with E-state index < -0.39 is 0 Å². The summed E-state index contributed by atoms with van der Waals surface area (Å²) in [7, 11) is 0. The number of rotatable bonds is 6. The van der Waals surface area contributed by atoms with Gasteiger partial charge in [-0.25, -0.2) is 9.59 Å². The molecule has 0 saturated carbocycles. The minimum atomic E-state index is -0.312. The molecule has 0 spiro atoms. The fourth-order valence-corrected chi connectivity index (χ4v) is 4.34. The summed E-state index contributed by atoms with van der Waals surface area (Å²) < 4.78 is 10.4. The summed E-state index contributed by atoms with van der Waals surface area (Å²) in [6, 6.07) is 10.0. The summed E-state index contributed by atoms with van der Waals surface area (Å²) >= 11 is 1.51. The molecule has 1 aromatic heterocycles. The highest BCUT2D eigenvalue weighted by atomic mass is 32.1. The van der Waals surface area contributed by atoms with Gasteiger partial charge in [-0.2, -0.15) is 0 Å². The van der Waals surface area contributed by atoms with Gasteiger partial charge in [-0.15, -0.1) is 11.3 Å². The molecule has 1 aliphatic rings. The maximum atomic E-state index is 12.6. The lowest BCUT2D eigenvalue weighted by Gasteiger charge is -2.26. The molecule has 2 heterocycles. The van der Waals surface area contributed by atoms with Crippen LogP contribution in [0.3, 0.4) is 0 Å². The number of nitrogens with zero attached hydrogens (tertiary/aromatic N) is 1. The van der Waals surface area contributed by atoms with Crippen molar-refractivity contribution in [3.63, 3.8) is 0 Å². The van der Waals surface area contributed by atoms with Gasteiger partial charge in [0.2, 0.25) is 0 Å². The number of amides is 1. The molecular formula is C20H24N2O4S. The zero-order chi connectivity index (χ0) is 19.2. The van der Waals surface area contributed by atoms with Crippen LogP contribution in [0, 0.1) is 0 Å².